The summed E-state index contributed by atoms with van der Waals surface area (Å²) in [5.74, 6) is -0.0347. The molecule has 0 unspecified atom stereocenters. The fraction of sp³-hybridized carbons (Fsp3) is 0.750. The first kappa shape index (κ1) is 12.3. The molecule has 0 aromatic carbocycles. The maximum atomic E-state index is 11.0. The standard InChI is InChI=1S/C8H16N2O2S/c1-2-12-5-3-4-8(11)10-6-7(9)13/h2-6H2,1H3,(H2,9,13)(H,10,11). The van der Waals surface area contributed by atoms with Gasteiger partial charge >= 0.3 is 0 Å². The zero-order valence-electron chi connectivity index (χ0n) is 7.84. The van der Waals surface area contributed by atoms with Gasteiger partial charge in [-0.25, -0.2) is 0 Å². The van der Waals surface area contributed by atoms with Gasteiger partial charge in [-0.1, -0.05) is 12.2 Å². The van der Waals surface area contributed by atoms with Crippen LogP contribution in [0.15, 0.2) is 0 Å². The number of nitrogens with one attached hydrogen (secondary N) is 1. The lowest BCUT2D eigenvalue weighted by atomic mass is 10.3. The molecule has 13 heavy (non-hydrogen) atoms. The minimum absolute atomic E-state index is 0.0347. The monoisotopic (exact) mass is 204 g/mol. The van der Waals surface area contributed by atoms with Gasteiger partial charge in [0, 0.05) is 19.6 Å². The Balaban J connectivity index is 3.25. The molecule has 0 saturated carbocycles. The van der Waals surface area contributed by atoms with Crippen LogP contribution in [0.2, 0.25) is 0 Å². The van der Waals surface area contributed by atoms with Gasteiger partial charge in [-0.2, -0.15) is 0 Å². The first-order valence-electron chi connectivity index (χ1n) is 4.29. The highest BCUT2D eigenvalue weighted by atomic mass is 32.1. The molecule has 0 aromatic rings. The molecule has 4 nitrogen and oxygen atoms in total. The topological polar surface area (TPSA) is 64.3 Å². The minimum atomic E-state index is -0.0347. The van der Waals surface area contributed by atoms with E-state index in [9.17, 15) is 4.79 Å². The van der Waals surface area contributed by atoms with E-state index in [4.69, 9.17) is 10.5 Å². The Hall–Kier alpha value is -0.680. The van der Waals surface area contributed by atoms with E-state index in [1.165, 1.54) is 0 Å². The van der Waals surface area contributed by atoms with Crippen molar-refractivity contribution in [1.82, 2.24) is 5.32 Å². The fourth-order valence-corrected chi connectivity index (χ4v) is 0.825. The highest BCUT2D eigenvalue weighted by molar-refractivity contribution is 7.80. The Kier molecular flexibility index (Phi) is 7.53. The van der Waals surface area contributed by atoms with Crippen LogP contribution in [0.5, 0.6) is 0 Å². The number of hydrogen-bond donors (Lipinski definition) is 2. The first-order chi connectivity index (χ1) is 6.16. The zero-order chi connectivity index (χ0) is 10.1. The van der Waals surface area contributed by atoms with E-state index in [1.807, 2.05) is 6.92 Å². The second-order valence-corrected chi connectivity index (χ2v) is 3.07. The summed E-state index contributed by atoms with van der Waals surface area (Å²) in [5, 5.41) is 2.60. The third-order valence-corrected chi connectivity index (χ3v) is 1.50. The molecule has 0 radical (unpaired) electrons. The molecular weight excluding hydrogens is 188 g/mol. The number of carbonyl (C=O) groups is 1. The van der Waals surface area contributed by atoms with Gasteiger partial charge in [0.15, 0.2) is 0 Å². The molecule has 1 amide bonds. The maximum absolute atomic E-state index is 11.0. The van der Waals surface area contributed by atoms with Crippen molar-refractivity contribution in [2.24, 2.45) is 5.73 Å². The van der Waals surface area contributed by atoms with Gasteiger partial charge in [0.1, 0.15) is 0 Å². The Morgan fingerprint density at radius 1 is 1.62 bits per heavy atom. The fourth-order valence-electron chi connectivity index (χ4n) is 0.753. The number of hydrogen-bond acceptors (Lipinski definition) is 3. The van der Waals surface area contributed by atoms with Crippen LogP contribution in [0.4, 0.5) is 0 Å². The van der Waals surface area contributed by atoms with Crippen molar-refractivity contribution in [3.05, 3.63) is 0 Å². The molecule has 0 rings (SSSR count). The molecule has 0 heterocycles. The molecule has 0 bridgehead atoms. The van der Waals surface area contributed by atoms with Crippen molar-refractivity contribution < 1.29 is 9.53 Å². The van der Waals surface area contributed by atoms with Crippen LogP contribution in [0.1, 0.15) is 19.8 Å². The lowest BCUT2D eigenvalue weighted by Crippen LogP contribution is -2.32. The van der Waals surface area contributed by atoms with E-state index in [-0.39, 0.29) is 12.5 Å². The van der Waals surface area contributed by atoms with Gasteiger partial charge in [-0.15, -0.1) is 0 Å². The van der Waals surface area contributed by atoms with Crippen LogP contribution in [-0.2, 0) is 9.53 Å². The summed E-state index contributed by atoms with van der Waals surface area (Å²) in [5.41, 5.74) is 5.21. The Morgan fingerprint density at radius 3 is 2.85 bits per heavy atom. The molecule has 0 aliphatic rings. The summed E-state index contributed by atoms with van der Waals surface area (Å²) in [4.78, 5) is 11.3. The number of thiocarbonyl (C=S) groups is 1. The molecule has 3 N–H and O–H groups in total. The van der Waals surface area contributed by atoms with Gasteiger partial charge in [-0.3, -0.25) is 4.79 Å². The highest BCUT2D eigenvalue weighted by Crippen LogP contribution is 1.89. The number of carbonyl (C=O) groups excluding carboxylic acids is 1. The van der Waals surface area contributed by atoms with Crippen LogP contribution in [0.25, 0.3) is 0 Å². The molecule has 0 atom stereocenters. The van der Waals surface area contributed by atoms with Gasteiger partial charge in [-0.05, 0) is 13.3 Å². The summed E-state index contributed by atoms with van der Waals surface area (Å²) in [7, 11) is 0. The van der Waals surface area contributed by atoms with Crippen LogP contribution in [0.3, 0.4) is 0 Å². The molecule has 0 aromatic heterocycles. The Bertz CT molecular complexity index is 174. The van der Waals surface area contributed by atoms with Crippen LogP contribution in [0, 0.1) is 0 Å². The van der Waals surface area contributed by atoms with Crippen molar-refractivity contribution in [1.29, 1.82) is 0 Å². The molecule has 0 saturated heterocycles. The van der Waals surface area contributed by atoms with Gasteiger partial charge in [0.2, 0.25) is 5.91 Å². The average molecular weight is 204 g/mol. The number of nitrogens with two attached hydrogens (primary N) is 1. The quantitative estimate of drug-likeness (QED) is 0.459. The third-order valence-electron chi connectivity index (χ3n) is 1.36. The predicted molar refractivity (Wildman–Crippen MR) is 55.5 cm³/mol. The van der Waals surface area contributed by atoms with E-state index >= 15 is 0 Å². The molecule has 0 spiro atoms. The SMILES string of the molecule is CCOCCCC(=O)NCC(N)=S. The van der Waals surface area contributed by atoms with E-state index < -0.39 is 0 Å². The molecule has 5 heteroatoms. The smallest absolute Gasteiger partial charge is 0.220 e. The average Bonchev–Trinajstić information content (AvgIpc) is 2.09. The molecule has 0 fully saturated rings. The number of rotatable bonds is 7. The van der Waals surface area contributed by atoms with E-state index in [0.29, 0.717) is 24.6 Å². The van der Waals surface area contributed by atoms with Crippen molar-refractivity contribution in [2.75, 3.05) is 19.8 Å². The normalized spacial score (nSPS) is 9.62. The van der Waals surface area contributed by atoms with Crippen LogP contribution >= 0.6 is 12.2 Å². The summed E-state index contributed by atoms with van der Waals surface area (Å²) in [6, 6.07) is 0. The molecule has 0 aliphatic carbocycles. The third kappa shape index (κ3) is 9.23. The summed E-state index contributed by atoms with van der Waals surface area (Å²) in [6.45, 7) is 3.52. The minimum Gasteiger partial charge on any atom is -0.392 e. The largest absolute Gasteiger partial charge is 0.392 e. The molecule has 0 aliphatic heterocycles. The predicted octanol–water partition coefficient (Wildman–Crippen LogP) is 0.205. The van der Waals surface area contributed by atoms with Crippen molar-refractivity contribution in [3.8, 4) is 0 Å². The molecule has 76 valence electrons. The second-order valence-electron chi connectivity index (χ2n) is 2.54. The van der Waals surface area contributed by atoms with E-state index in [0.717, 1.165) is 6.42 Å². The lowest BCUT2D eigenvalue weighted by molar-refractivity contribution is -0.121. The number of ether oxygens (including phenoxy) is 1. The van der Waals surface area contributed by atoms with Gasteiger partial charge in [0.05, 0.1) is 11.5 Å². The van der Waals surface area contributed by atoms with Gasteiger partial charge in [0.25, 0.3) is 0 Å². The maximum Gasteiger partial charge on any atom is 0.220 e. The first-order valence-corrected chi connectivity index (χ1v) is 4.70. The summed E-state index contributed by atoms with van der Waals surface area (Å²) < 4.78 is 5.08. The molecular formula is C8H16N2O2S. The Morgan fingerprint density at radius 2 is 2.31 bits per heavy atom. The van der Waals surface area contributed by atoms with E-state index in [2.05, 4.69) is 17.5 Å². The summed E-state index contributed by atoms with van der Waals surface area (Å²) in [6.07, 6.45) is 1.19. The van der Waals surface area contributed by atoms with Crippen molar-refractivity contribution in [3.63, 3.8) is 0 Å². The van der Waals surface area contributed by atoms with Gasteiger partial charge < -0.3 is 15.8 Å². The van der Waals surface area contributed by atoms with Crippen LogP contribution < -0.4 is 11.1 Å². The number of amides is 1. The lowest BCUT2D eigenvalue weighted by Gasteiger charge is -2.03. The Labute approximate surface area is 83.8 Å². The van der Waals surface area contributed by atoms with Crippen LogP contribution in [-0.4, -0.2) is 30.7 Å². The van der Waals surface area contributed by atoms with Crippen molar-refractivity contribution in [2.45, 2.75) is 19.8 Å². The highest BCUT2D eigenvalue weighted by Gasteiger charge is 2.00. The van der Waals surface area contributed by atoms with E-state index in [1.54, 1.807) is 0 Å². The second kappa shape index (κ2) is 7.94. The summed E-state index contributed by atoms with van der Waals surface area (Å²) >= 11 is 4.61. The zero-order valence-corrected chi connectivity index (χ0v) is 8.65. The van der Waals surface area contributed by atoms with Crippen molar-refractivity contribution >= 4 is 23.1 Å².